The maximum Gasteiger partial charge on any atom is 0.306 e. The number of hydrogen-bond donors (Lipinski definition) is 3. The maximum absolute atomic E-state index is 13.3. The molecule has 4 atom stereocenters. The molecule has 0 rings (SSSR count). The zero-order valence-electron chi connectivity index (χ0n) is 43.9. The highest BCUT2D eigenvalue weighted by molar-refractivity contribution is 8.02. The van der Waals surface area contributed by atoms with E-state index >= 15 is 0 Å². The van der Waals surface area contributed by atoms with E-state index in [1.807, 2.05) is 6.92 Å². The quantitative estimate of drug-likeness (QED) is 0.0313. The molecule has 0 aromatic heterocycles. The molecule has 3 N–H and O–H groups in total. The Balaban J connectivity index is 6.03. The molecular weight excluding hydrogens is 881 g/mol. The summed E-state index contributed by atoms with van der Waals surface area (Å²) in [6.07, 6.45) is 50.3. The van der Waals surface area contributed by atoms with Gasteiger partial charge in [0, 0.05) is 6.42 Å². The molecule has 0 aliphatic rings. The van der Waals surface area contributed by atoms with Crippen LogP contribution in [0.2, 0.25) is 0 Å². The van der Waals surface area contributed by atoms with Gasteiger partial charge in [0.15, 0.2) is 5.44 Å². The molecule has 0 fully saturated rings. The Kier molecular flexibility index (Phi) is 51.7. The van der Waals surface area contributed by atoms with Gasteiger partial charge in [-0.2, -0.15) is 0 Å². The van der Waals surface area contributed by atoms with Gasteiger partial charge in [-0.1, -0.05) is 266 Å². The van der Waals surface area contributed by atoms with Crippen LogP contribution in [0, 0.1) is 5.41 Å². The summed E-state index contributed by atoms with van der Waals surface area (Å²) in [5, 5.41) is 37.6. The minimum Gasteiger partial charge on any atom is -0.450 e. The Hall–Kier alpha value is 0.750. The Morgan fingerprint density at radius 3 is 0.754 bits per heavy atom. The number of unbranched alkanes of at least 4 members (excludes halogenated alkanes) is 36. The number of hydrogen-bond acceptors (Lipinski definition) is 9. The van der Waals surface area contributed by atoms with Crippen molar-refractivity contribution in [1.82, 2.24) is 0 Å². The Labute approximate surface area is 423 Å². The fourth-order valence-corrected chi connectivity index (χ4v) is 14.5. The molecule has 9 heteroatoms. The second kappa shape index (κ2) is 51.1. The van der Waals surface area contributed by atoms with Crippen molar-refractivity contribution in [2.24, 2.45) is 5.41 Å². The SMILES string of the molecule is CCCCCCCCCCCCSC(O)C(C(O)SCCCCCCCCCCCC)(C(O)SCCCCCCCCCCCC)C(OC(=O)CC)SCCCCCCCCCCCC. The van der Waals surface area contributed by atoms with Crippen molar-refractivity contribution in [1.29, 1.82) is 0 Å². The normalized spacial score (nSPS) is 14.6. The highest BCUT2D eigenvalue weighted by Crippen LogP contribution is 2.52. The van der Waals surface area contributed by atoms with Crippen molar-refractivity contribution in [2.45, 2.75) is 320 Å². The lowest BCUT2D eigenvalue weighted by Gasteiger charge is -2.48. The lowest BCUT2D eigenvalue weighted by atomic mass is 9.90. The van der Waals surface area contributed by atoms with E-state index in [1.165, 1.54) is 241 Å². The van der Waals surface area contributed by atoms with Gasteiger partial charge in [-0.05, 0) is 48.7 Å². The van der Waals surface area contributed by atoms with E-state index in [1.54, 1.807) is 11.8 Å². The third-order valence-corrected chi connectivity index (χ3v) is 18.4. The van der Waals surface area contributed by atoms with Gasteiger partial charge in [-0.15, -0.1) is 47.0 Å². The van der Waals surface area contributed by atoms with Crippen LogP contribution in [0.25, 0.3) is 0 Å². The molecule has 4 unspecified atom stereocenters. The predicted octanol–water partition coefficient (Wildman–Crippen LogP) is 18.8. The topological polar surface area (TPSA) is 87.0 Å². The molecule has 0 aliphatic heterocycles. The molecule has 0 amide bonds. The first-order valence-corrected chi connectivity index (χ1v) is 32.8. The second-order valence-electron chi connectivity index (χ2n) is 19.4. The zero-order valence-corrected chi connectivity index (χ0v) is 47.2. The number of ether oxygens (including phenoxy) is 1. The van der Waals surface area contributed by atoms with E-state index < -0.39 is 27.2 Å². The molecule has 0 aromatic carbocycles. The number of thioether (sulfide) groups is 4. The van der Waals surface area contributed by atoms with Gasteiger partial charge in [0.05, 0.1) is 0 Å². The van der Waals surface area contributed by atoms with Crippen LogP contribution in [-0.2, 0) is 9.53 Å². The van der Waals surface area contributed by atoms with Crippen LogP contribution >= 0.6 is 47.0 Å². The van der Waals surface area contributed by atoms with Crippen molar-refractivity contribution in [3.8, 4) is 0 Å². The summed E-state index contributed by atoms with van der Waals surface area (Å²) in [7, 11) is 0. The summed E-state index contributed by atoms with van der Waals surface area (Å²) < 4.78 is 6.34. The van der Waals surface area contributed by atoms with Gasteiger partial charge in [0.25, 0.3) is 0 Å². The lowest BCUT2D eigenvalue weighted by molar-refractivity contribution is -0.159. The first-order chi connectivity index (χ1) is 31.9. The van der Waals surface area contributed by atoms with Crippen molar-refractivity contribution in [3.63, 3.8) is 0 Å². The third kappa shape index (κ3) is 37.2. The molecule has 0 radical (unpaired) electrons. The van der Waals surface area contributed by atoms with E-state index in [0.717, 1.165) is 74.4 Å². The second-order valence-corrected chi connectivity index (χ2v) is 24.2. The van der Waals surface area contributed by atoms with Crippen molar-refractivity contribution < 1.29 is 24.9 Å². The minimum absolute atomic E-state index is 0.219. The molecule has 0 heterocycles. The van der Waals surface area contributed by atoms with Crippen LogP contribution in [-0.4, -0.2) is 66.0 Å². The lowest BCUT2D eigenvalue weighted by Crippen LogP contribution is -2.58. The summed E-state index contributed by atoms with van der Waals surface area (Å²) >= 11 is 5.94. The Morgan fingerprint density at radius 1 is 0.338 bits per heavy atom. The number of aliphatic hydroxyl groups is 3. The smallest absolute Gasteiger partial charge is 0.306 e. The number of rotatable bonds is 54. The molecule has 5 nitrogen and oxygen atoms in total. The largest absolute Gasteiger partial charge is 0.450 e. The summed E-state index contributed by atoms with van der Waals surface area (Å²) in [5.74, 6) is 2.69. The first kappa shape index (κ1) is 65.8. The zero-order chi connectivity index (χ0) is 47.7. The van der Waals surface area contributed by atoms with Gasteiger partial charge in [-0.3, -0.25) is 4.79 Å². The van der Waals surface area contributed by atoms with Crippen LogP contribution in [0.5, 0.6) is 0 Å². The Morgan fingerprint density at radius 2 is 0.538 bits per heavy atom. The molecule has 0 saturated carbocycles. The molecular formula is C56H112O5S4. The molecule has 65 heavy (non-hydrogen) atoms. The Bertz CT molecular complexity index is 881. The highest BCUT2D eigenvalue weighted by atomic mass is 32.2. The summed E-state index contributed by atoms with van der Waals surface area (Å²) in [6.45, 7) is 10.9. The monoisotopic (exact) mass is 993 g/mol. The van der Waals surface area contributed by atoms with Gasteiger partial charge < -0.3 is 20.1 Å². The van der Waals surface area contributed by atoms with Crippen LogP contribution in [0.15, 0.2) is 0 Å². The highest BCUT2D eigenvalue weighted by Gasteiger charge is 2.58. The predicted molar refractivity (Wildman–Crippen MR) is 298 cm³/mol. The number of aliphatic hydroxyl groups excluding tert-OH is 3. The number of carbonyl (C=O) groups is 1. The average Bonchev–Trinajstić information content (AvgIpc) is 3.30. The van der Waals surface area contributed by atoms with E-state index in [2.05, 4.69) is 27.7 Å². The van der Waals surface area contributed by atoms with Gasteiger partial charge in [0.1, 0.15) is 21.7 Å². The van der Waals surface area contributed by atoms with E-state index in [9.17, 15) is 20.1 Å². The van der Waals surface area contributed by atoms with Crippen molar-refractivity contribution in [2.75, 3.05) is 23.0 Å². The van der Waals surface area contributed by atoms with E-state index in [0.29, 0.717) is 0 Å². The number of carbonyl (C=O) groups excluding carboxylic acids is 1. The molecule has 0 aliphatic carbocycles. The minimum atomic E-state index is -1.44. The van der Waals surface area contributed by atoms with Gasteiger partial charge in [-0.25, -0.2) is 0 Å². The summed E-state index contributed by atoms with van der Waals surface area (Å²) in [4.78, 5) is 13.3. The van der Waals surface area contributed by atoms with Crippen molar-refractivity contribution >= 4 is 53.0 Å². The molecule has 0 bridgehead atoms. The van der Waals surface area contributed by atoms with Crippen LogP contribution in [0.4, 0.5) is 0 Å². The molecule has 0 spiro atoms. The third-order valence-electron chi connectivity index (χ3n) is 13.3. The fraction of sp³-hybridized carbons (Fsp3) is 0.982. The summed E-state index contributed by atoms with van der Waals surface area (Å²) in [5.41, 5.74) is -5.54. The molecule has 0 saturated heterocycles. The molecule has 0 aromatic rings. The van der Waals surface area contributed by atoms with Crippen LogP contribution < -0.4 is 0 Å². The molecule has 390 valence electrons. The fourth-order valence-electron chi connectivity index (χ4n) is 8.76. The van der Waals surface area contributed by atoms with E-state index in [-0.39, 0.29) is 12.4 Å². The first-order valence-electron chi connectivity index (χ1n) is 28.6. The van der Waals surface area contributed by atoms with Gasteiger partial charge in [0.2, 0.25) is 0 Å². The summed E-state index contributed by atoms with van der Waals surface area (Å²) in [6, 6.07) is 0. The average molecular weight is 994 g/mol. The van der Waals surface area contributed by atoms with E-state index in [4.69, 9.17) is 4.74 Å². The van der Waals surface area contributed by atoms with Crippen LogP contribution in [0.1, 0.15) is 298 Å². The van der Waals surface area contributed by atoms with Gasteiger partial charge >= 0.3 is 5.97 Å². The maximum atomic E-state index is 13.3. The van der Waals surface area contributed by atoms with Crippen molar-refractivity contribution in [3.05, 3.63) is 0 Å². The standard InChI is InChI=1S/C56H112O5S4/c1-6-11-15-19-23-27-31-35-39-43-47-62-52(58)56(53(59)63-48-44-40-36-32-28-24-20-16-12-7-2,54(60)64-49-45-41-37-33-29-25-21-17-13-8-3)55(61-51(57)10-5)65-50-46-42-38-34-30-26-22-18-14-9-4/h52-55,58-60H,6-50H2,1-5H3. The van der Waals surface area contributed by atoms with Crippen LogP contribution in [0.3, 0.4) is 0 Å². The number of esters is 1.